The molecule has 9 atom stereocenters. The molecule has 9 unspecified atom stereocenters. The van der Waals surface area contributed by atoms with Crippen LogP contribution in [-0.4, -0.2) is 59.3 Å². The van der Waals surface area contributed by atoms with Gasteiger partial charge in [-0.2, -0.15) is 0 Å². The first-order valence-corrected chi connectivity index (χ1v) is 14.4. The maximum absolute atomic E-state index is 14.7. The molecule has 4 fully saturated rings. The molecule has 2 saturated heterocycles. The Balaban J connectivity index is 1.56. The number of methoxy groups -OCH3 is 1. The molecule has 1 spiro atoms. The molecule has 1 aromatic heterocycles. The van der Waals surface area contributed by atoms with Gasteiger partial charge in [0.15, 0.2) is 11.4 Å². The second kappa shape index (κ2) is 8.89. The average Bonchev–Trinajstić information content (AvgIpc) is 3.44. The lowest BCUT2D eigenvalue weighted by Crippen LogP contribution is -2.78. The Labute approximate surface area is 244 Å². The molecule has 6 rings (SSSR count). The van der Waals surface area contributed by atoms with Crippen molar-refractivity contribution in [1.82, 2.24) is 0 Å². The lowest BCUT2D eigenvalue weighted by atomic mass is 9.39. The summed E-state index contributed by atoms with van der Waals surface area (Å²) in [6.07, 6.45) is 3.89. The number of ether oxygens (including phenoxy) is 4. The zero-order chi connectivity index (χ0) is 30.6. The van der Waals surface area contributed by atoms with Gasteiger partial charge in [-0.3, -0.25) is 14.4 Å². The first-order chi connectivity index (χ1) is 19.6. The van der Waals surface area contributed by atoms with E-state index in [1.54, 1.807) is 53.0 Å². The first-order valence-electron chi connectivity index (χ1n) is 14.4. The number of furan rings is 1. The van der Waals surface area contributed by atoms with Gasteiger partial charge < -0.3 is 28.5 Å². The molecule has 1 N–H and O–H groups in total. The van der Waals surface area contributed by atoms with E-state index >= 15 is 0 Å². The van der Waals surface area contributed by atoms with Crippen molar-refractivity contribution in [2.75, 3.05) is 7.11 Å². The van der Waals surface area contributed by atoms with E-state index in [1.807, 2.05) is 13.0 Å². The van der Waals surface area contributed by atoms with Crippen molar-refractivity contribution in [3.63, 3.8) is 0 Å². The number of esters is 3. The van der Waals surface area contributed by atoms with Gasteiger partial charge in [0, 0.05) is 27.9 Å². The van der Waals surface area contributed by atoms with Crippen LogP contribution in [0.25, 0.3) is 0 Å². The highest BCUT2D eigenvalue weighted by molar-refractivity contribution is 6.02. The number of hydrogen-bond donors (Lipinski definition) is 1. The molecule has 1 aromatic rings. The number of rotatable bonds is 5. The molecule has 0 amide bonds. The van der Waals surface area contributed by atoms with Gasteiger partial charge in [0.1, 0.15) is 23.9 Å². The standard InChI is InChI=1S/C32H38O10/c1-8-16(2)24(35)41-26-28(3,4)19(13-21(33)38-7)30(6)18-9-11-29(5)20(32(18)27(42-32)31(26,37)25(30)36)14-22(34)40-23(29)17-10-12-39-15-17/h8-10,12,15,19-20,23,26-27,37H,11,13-14H2,1-7H3. The van der Waals surface area contributed by atoms with Gasteiger partial charge in [-0.1, -0.05) is 32.9 Å². The van der Waals surface area contributed by atoms with Crippen LogP contribution in [0.3, 0.4) is 0 Å². The normalized spacial score (nSPS) is 43.2. The molecule has 10 heteroatoms. The maximum Gasteiger partial charge on any atom is 0.333 e. The Bertz CT molecular complexity index is 1440. The van der Waals surface area contributed by atoms with Gasteiger partial charge in [0.05, 0.1) is 37.9 Å². The molecule has 42 heavy (non-hydrogen) atoms. The Morgan fingerprint density at radius 3 is 2.52 bits per heavy atom. The van der Waals surface area contributed by atoms with Crippen LogP contribution < -0.4 is 0 Å². The Kier molecular flexibility index (Phi) is 6.11. The topological polar surface area (TPSA) is 142 Å². The fourth-order valence-corrected chi connectivity index (χ4v) is 9.03. The number of epoxide rings is 1. The molecule has 5 aliphatic rings. The lowest BCUT2D eigenvalue weighted by molar-refractivity contribution is -0.227. The fraction of sp³-hybridized carbons (Fsp3) is 0.625. The lowest BCUT2D eigenvalue weighted by Gasteiger charge is -2.64. The molecule has 3 aliphatic carbocycles. The van der Waals surface area contributed by atoms with Crippen molar-refractivity contribution in [2.45, 2.75) is 90.3 Å². The van der Waals surface area contributed by atoms with E-state index in [0.29, 0.717) is 23.1 Å². The molecule has 2 aliphatic heterocycles. The molecular weight excluding hydrogens is 544 g/mol. The summed E-state index contributed by atoms with van der Waals surface area (Å²) in [5.74, 6) is -3.40. The van der Waals surface area contributed by atoms with Crippen molar-refractivity contribution >= 4 is 23.7 Å². The predicted molar refractivity (Wildman–Crippen MR) is 145 cm³/mol. The minimum absolute atomic E-state index is 0.00619. The van der Waals surface area contributed by atoms with Gasteiger partial charge in [-0.25, -0.2) is 4.79 Å². The second-order valence-electron chi connectivity index (χ2n) is 13.6. The number of cyclic esters (lactones) is 1. The van der Waals surface area contributed by atoms with Gasteiger partial charge in [-0.15, -0.1) is 0 Å². The summed E-state index contributed by atoms with van der Waals surface area (Å²) in [5.41, 5.74) is -4.89. The number of Topliss-reactive ketones (excluding diaryl/α,β-unsaturated/α-hetero) is 1. The van der Waals surface area contributed by atoms with E-state index < -0.39 is 81.3 Å². The fourth-order valence-electron chi connectivity index (χ4n) is 9.03. The highest BCUT2D eigenvalue weighted by Crippen LogP contribution is 2.77. The van der Waals surface area contributed by atoms with E-state index in [2.05, 4.69) is 0 Å². The Morgan fingerprint density at radius 2 is 1.90 bits per heavy atom. The molecule has 0 radical (unpaired) electrons. The zero-order valence-corrected chi connectivity index (χ0v) is 25.0. The summed E-state index contributed by atoms with van der Waals surface area (Å²) in [5, 5.41) is 12.6. The Morgan fingerprint density at radius 1 is 1.19 bits per heavy atom. The van der Waals surface area contributed by atoms with Crippen LogP contribution in [0.5, 0.6) is 0 Å². The van der Waals surface area contributed by atoms with E-state index in [0.717, 1.165) is 0 Å². The van der Waals surface area contributed by atoms with Crippen LogP contribution in [0.2, 0.25) is 0 Å². The van der Waals surface area contributed by atoms with Crippen LogP contribution in [0, 0.1) is 28.1 Å². The maximum atomic E-state index is 14.7. The van der Waals surface area contributed by atoms with E-state index in [9.17, 15) is 24.3 Å². The smallest absolute Gasteiger partial charge is 0.333 e. The van der Waals surface area contributed by atoms with Crippen LogP contribution in [0.4, 0.5) is 0 Å². The van der Waals surface area contributed by atoms with Crippen molar-refractivity contribution in [3.05, 3.63) is 47.5 Å². The van der Waals surface area contributed by atoms with Crippen LogP contribution in [0.1, 0.15) is 72.5 Å². The molecule has 2 bridgehead atoms. The zero-order valence-electron chi connectivity index (χ0n) is 25.0. The number of aliphatic hydroxyl groups is 1. The summed E-state index contributed by atoms with van der Waals surface area (Å²) in [4.78, 5) is 53.8. The van der Waals surface area contributed by atoms with Crippen LogP contribution in [-0.2, 0) is 38.1 Å². The highest BCUT2D eigenvalue weighted by atomic mass is 16.6. The minimum Gasteiger partial charge on any atom is -0.472 e. The Hall–Kier alpha value is -3.24. The van der Waals surface area contributed by atoms with Crippen LogP contribution in [0.15, 0.2) is 46.3 Å². The van der Waals surface area contributed by atoms with Crippen LogP contribution >= 0.6 is 0 Å². The summed E-state index contributed by atoms with van der Waals surface area (Å²) in [6.45, 7) is 10.6. The second-order valence-corrected chi connectivity index (χ2v) is 13.6. The van der Waals surface area contributed by atoms with Crippen molar-refractivity contribution in [3.8, 4) is 0 Å². The summed E-state index contributed by atoms with van der Waals surface area (Å²) in [7, 11) is 1.28. The van der Waals surface area contributed by atoms with Gasteiger partial charge in [0.25, 0.3) is 0 Å². The number of allylic oxidation sites excluding steroid dienone is 2. The molecular formula is C32H38O10. The number of hydrogen-bond acceptors (Lipinski definition) is 10. The molecule has 10 nitrogen and oxygen atoms in total. The number of ketones is 1. The van der Waals surface area contributed by atoms with Crippen molar-refractivity contribution < 1.29 is 47.6 Å². The van der Waals surface area contributed by atoms with Crippen molar-refractivity contribution in [1.29, 1.82) is 0 Å². The van der Waals surface area contributed by atoms with Crippen molar-refractivity contribution in [2.24, 2.45) is 28.1 Å². The predicted octanol–water partition coefficient (Wildman–Crippen LogP) is 3.78. The first kappa shape index (κ1) is 28.9. The molecule has 2 saturated carbocycles. The van der Waals surface area contributed by atoms with Gasteiger partial charge in [-0.05, 0) is 44.7 Å². The molecule has 3 heterocycles. The number of fused-ring (bicyclic) bond motifs is 5. The highest BCUT2D eigenvalue weighted by Gasteiger charge is 2.89. The van der Waals surface area contributed by atoms with Gasteiger partial charge in [0.2, 0.25) is 0 Å². The monoisotopic (exact) mass is 582 g/mol. The third-order valence-electron chi connectivity index (χ3n) is 11.2. The third-order valence-corrected chi connectivity index (χ3v) is 11.2. The number of carbonyl (C=O) groups is 4. The summed E-state index contributed by atoms with van der Waals surface area (Å²) in [6, 6.07) is 1.76. The minimum atomic E-state index is -2.24. The third kappa shape index (κ3) is 3.33. The largest absolute Gasteiger partial charge is 0.472 e. The molecule has 0 aromatic carbocycles. The number of carbonyl (C=O) groups excluding carboxylic acids is 4. The SMILES string of the molecule is CC=C(C)C(=O)OC1C(C)(C)C(CC(=O)OC)C2(C)C(=O)C1(O)C1OC13C2=CCC1(C)C(c2ccoc2)OC(=O)CC13. The quantitative estimate of drug-likeness (QED) is 0.179. The van der Waals surface area contributed by atoms with Gasteiger partial charge >= 0.3 is 17.9 Å². The summed E-state index contributed by atoms with van der Waals surface area (Å²) < 4.78 is 28.8. The van der Waals surface area contributed by atoms with E-state index in [1.165, 1.54) is 13.4 Å². The summed E-state index contributed by atoms with van der Waals surface area (Å²) >= 11 is 0. The van der Waals surface area contributed by atoms with E-state index in [4.69, 9.17) is 23.4 Å². The van der Waals surface area contributed by atoms with E-state index in [-0.39, 0.29) is 12.8 Å². The average molecular weight is 583 g/mol. The molecule has 226 valence electrons.